The van der Waals surface area contributed by atoms with Crippen molar-refractivity contribution in [2.75, 3.05) is 0 Å². The third-order valence-corrected chi connectivity index (χ3v) is 3.30. The van der Waals surface area contributed by atoms with Crippen LogP contribution in [-0.2, 0) is 15.0 Å². The Morgan fingerprint density at radius 2 is 1.55 bits per heavy atom. The van der Waals surface area contributed by atoms with Crippen LogP contribution in [0, 0.1) is 16.7 Å². The molecule has 0 aliphatic heterocycles. The molecule has 2 N–H and O–H groups in total. The number of hydrogen-bond donors (Lipinski definition) is 2. The maximum Gasteiger partial charge on any atom is 0.231 e. The van der Waals surface area contributed by atoms with Gasteiger partial charge >= 0.3 is 0 Å². The van der Waals surface area contributed by atoms with Crippen LogP contribution in [0.3, 0.4) is 0 Å². The van der Waals surface area contributed by atoms with E-state index in [-0.39, 0.29) is 5.41 Å². The van der Waals surface area contributed by atoms with Crippen LogP contribution in [0.4, 0.5) is 0 Å². The Morgan fingerprint density at radius 3 is 2.00 bits per heavy atom. The van der Waals surface area contributed by atoms with E-state index in [9.17, 15) is 0 Å². The molecule has 2 unspecified atom stereocenters. The molecular weight excluding hydrogens is 252 g/mol. The van der Waals surface area contributed by atoms with E-state index >= 15 is 0 Å². The Bertz CT molecular complexity index is 511. The van der Waals surface area contributed by atoms with E-state index in [2.05, 4.69) is 68.5 Å². The Kier molecular flexibility index (Phi) is 8.20. The zero-order valence-electron chi connectivity index (χ0n) is 11.6. The number of allylic oxidation sites excluding steroid dienone is 4. The van der Waals surface area contributed by atoms with E-state index in [4.69, 9.17) is 20.4 Å². The fraction of sp³-hybridized carbons (Fsp3) is 0.250. The highest BCUT2D eigenvalue weighted by molar-refractivity contribution is 5.36. The van der Waals surface area contributed by atoms with E-state index in [1.807, 2.05) is 0 Å². The van der Waals surface area contributed by atoms with Crippen LogP contribution in [0.15, 0.2) is 54.6 Å². The molecule has 0 saturated carbocycles. The summed E-state index contributed by atoms with van der Waals surface area (Å²) in [7, 11) is 0. The van der Waals surface area contributed by atoms with Crippen molar-refractivity contribution in [1.29, 1.82) is 10.8 Å². The van der Waals surface area contributed by atoms with Gasteiger partial charge < -0.3 is 0 Å². The first-order valence-electron chi connectivity index (χ1n) is 6.06. The molecule has 0 radical (unpaired) electrons. The number of benzene rings is 1. The number of isocyanates is 2. The average molecular weight is 270 g/mol. The van der Waals surface area contributed by atoms with Crippen molar-refractivity contribution in [1.82, 2.24) is 0 Å². The topological polar surface area (TPSA) is 81.8 Å². The van der Waals surface area contributed by atoms with Crippen LogP contribution in [-0.4, -0.2) is 12.2 Å². The van der Waals surface area contributed by atoms with Gasteiger partial charge in [0.2, 0.25) is 12.2 Å². The lowest BCUT2D eigenvalue weighted by Crippen LogP contribution is -2.27. The minimum absolute atomic E-state index is 0.163. The molecule has 0 spiro atoms. The zero-order chi connectivity index (χ0) is 15.4. The Hall–Kier alpha value is -2.54. The first kappa shape index (κ1) is 17.5. The summed E-state index contributed by atoms with van der Waals surface area (Å²) in [6.07, 6.45) is 10.3. The standard InChI is InChI=1S/C14H16.2CHNO/c1-12-8-6-7-11-14(12,2)13-9-4-3-5-10-13;2*2-1-3/h3-12H,1-2H3;2*2H. The monoisotopic (exact) mass is 270 g/mol. The van der Waals surface area contributed by atoms with Crippen LogP contribution in [0.5, 0.6) is 0 Å². The summed E-state index contributed by atoms with van der Waals surface area (Å²) in [6, 6.07) is 10.7. The quantitative estimate of drug-likeness (QED) is 0.604. The van der Waals surface area contributed by atoms with Gasteiger partial charge in [-0.15, -0.1) is 0 Å². The molecule has 104 valence electrons. The summed E-state index contributed by atoms with van der Waals surface area (Å²) in [4.78, 5) is 16.7. The second kappa shape index (κ2) is 9.40. The summed E-state index contributed by atoms with van der Waals surface area (Å²) in [5.41, 5.74) is 1.56. The van der Waals surface area contributed by atoms with Crippen molar-refractivity contribution in [2.45, 2.75) is 19.3 Å². The van der Waals surface area contributed by atoms with Crippen LogP contribution >= 0.6 is 0 Å². The van der Waals surface area contributed by atoms with E-state index in [1.165, 1.54) is 5.56 Å². The van der Waals surface area contributed by atoms with Crippen molar-refractivity contribution in [3.8, 4) is 0 Å². The van der Waals surface area contributed by atoms with Gasteiger partial charge in [0.15, 0.2) is 0 Å². The zero-order valence-corrected chi connectivity index (χ0v) is 11.6. The summed E-state index contributed by atoms with van der Waals surface area (Å²) in [6.45, 7) is 4.57. The highest BCUT2D eigenvalue weighted by atomic mass is 16.1. The van der Waals surface area contributed by atoms with E-state index < -0.39 is 0 Å². The molecule has 0 fully saturated rings. The SMILES string of the molecule is CC1C=CC=CC1(C)c1ccccc1.N=C=O.N=C=O. The van der Waals surface area contributed by atoms with Crippen LogP contribution in [0.25, 0.3) is 0 Å². The fourth-order valence-corrected chi connectivity index (χ4v) is 1.99. The van der Waals surface area contributed by atoms with Gasteiger partial charge in [0.05, 0.1) is 0 Å². The van der Waals surface area contributed by atoms with Crippen LogP contribution in [0.1, 0.15) is 19.4 Å². The van der Waals surface area contributed by atoms with Gasteiger partial charge in [-0.05, 0) is 11.5 Å². The molecule has 2 rings (SSSR count). The van der Waals surface area contributed by atoms with Gasteiger partial charge in [0, 0.05) is 5.41 Å². The molecule has 1 aliphatic carbocycles. The Labute approximate surface area is 118 Å². The molecule has 20 heavy (non-hydrogen) atoms. The minimum atomic E-state index is 0.163. The normalized spacial score (nSPS) is 22.2. The number of carbonyl (C=O) groups excluding carboxylic acids is 2. The fourth-order valence-electron chi connectivity index (χ4n) is 1.99. The van der Waals surface area contributed by atoms with Crippen molar-refractivity contribution in [2.24, 2.45) is 5.92 Å². The predicted octanol–water partition coefficient (Wildman–Crippen LogP) is 3.51. The summed E-state index contributed by atoms with van der Waals surface area (Å²) < 4.78 is 0. The van der Waals surface area contributed by atoms with Gasteiger partial charge in [-0.1, -0.05) is 68.5 Å². The van der Waals surface area contributed by atoms with Gasteiger partial charge in [-0.2, -0.15) is 0 Å². The average Bonchev–Trinajstić information content (AvgIpc) is 2.45. The second-order valence-electron chi connectivity index (χ2n) is 4.39. The summed E-state index contributed by atoms with van der Waals surface area (Å²) >= 11 is 0. The third-order valence-electron chi connectivity index (χ3n) is 3.30. The van der Waals surface area contributed by atoms with E-state index in [0.717, 1.165) is 12.2 Å². The van der Waals surface area contributed by atoms with Crippen LogP contribution < -0.4 is 0 Å². The molecular formula is C16H18N2O2. The molecule has 2 atom stereocenters. The van der Waals surface area contributed by atoms with Crippen LogP contribution in [0.2, 0.25) is 0 Å². The molecule has 0 amide bonds. The molecule has 1 aliphatic rings. The molecule has 0 heterocycles. The van der Waals surface area contributed by atoms with E-state index in [1.54, 1.807) is 0 Å². The second-order valence-corrected chi connectivity index (χ2v) is 4.39. The highest BCUT2D eigenvalue weighted by Crippen LogP contribution is 2.36. The summed E-state index contributed by atoms with van der Waals surface area (Å²) in [5.74, 6) is 0.565. The largest absolute Gasteiger partial charge is 0.231 e. The summed E-state index contributed by atoms with van der Waals surface area (Å²) in [5, 5.41) is 10.8. The Balaban J connectivity index is 0.000000520. The number of nitrogens with one attached hydrogen (secondary N) is 2. The number of hydrogen-bond acceptors (Lipinski definition) is 4. The molecule has 4 nitrogen and oxygen atoms in total. The lowest BCUT2D eigenvalue weighted by atomic mass is 9.70. The maximum absolute atomic E-state index is 8.35. The predicted molar refractivity (Wildman–Crippen MR) is 78.1 cm³/mol. The lowest BCUT2D eigenvalue weighted by molar-refractivity contribution is 0.457. The van der Waals surface area contributed by atoms with Crippen molar-refractivity contribution in [3.05, 3.63) is 60.2 Å². The maximum atomic E-state index is 8.35. The van der Waals surface area contributed by atoms with Gasteiger partial charge in [-0.25, -0.2) is 20.4 Å². The minimum Gasteiger partial charge on any atom is -0.222 e. The van der Waals surface area contributed by atoms with E-state index in [0.29, 0.717) is 5.92 Å². The van der Waals surface area contributed by atoms with Gasteiger partial charge in [0.25, 0.3) is 0 Å². The van der Waals surface area contributed by atoms with Gasteiger partial charge in [0.1, 0.15) is 0 Å². The molecule has 0 bridgehead atoms. The number of rotatable bonds is 1. The highest BCUT2D eigenvalue weighted by Gasteiger charge is 2.29. The first-order chi connectivity index (χ1) is 9.56. The first-order valence-corrected chi connectivity index (χ1v) is 6.06. The lowest BCUT2D eigenvalue weighted by Gasteiger charge is -2.33. The molecule has 0 aromatic heterocycles. The Morgan fingerprint density at radius 1 is 1.05 bits per heavy atom. The molecule has 1 aromatic carbocycles. The van der Waals surface area contributed by atoms with Crippen molar-refractivity contribution < 1.29 is 9.59 Å². The van der Waals surface area contributed by atoms with Crippen molar-refractivity contribution in [3.63, 3.8) is 0 Å². The van der Waals surface area contributed by atoms with Crippen molar-refractivity contribution >= 4 is 12.2 Å². The van der Waals surface area contributed by atoms with Gasteiger partial charge in [-0.3, -0.25) is 0 Å². The third kappa shape index (κ3) is 4.99. The molecule has 4 heteroatoms. The molecule has 0 saturated heterocycles. The smallest absolute Gasteiger partial charge is 0.222 e. The molecule has 1 aromatic rings.